The van der Waals surface area contributed by atoms with Crippen molar-refractivity contribution >= 4 is 11.9 Å². The van der Waals surface area contributed by atoms with Crippen LogP contribution in [-0.4, -0.2) is 78.1 Å². The highest BCUT2D eigenvalue weighted by Gasteiger charge is 2.32. The number of aliphatic imine (C=N–C) groups is 1. The Hall–Kier alpha value is -2.10. The van der Waals surface area contributed by atoms with Crippen molar-refractivity contribution in [2.75, 3.05) is 57.7 Å². The minimum Gasteiger partial charge on any atom is -0.357 e. The molecule has 0 radical (unpaired) electrons. The molecule has 3 heterocycles. The largest absolute Gasteiger partial charge is 0.433 e. The fourth-order valence-corrected chi connectivity index (χ4v) is 4.04. The van der Waals surface area contributed by atoms with Crippen LogP contribution in [0.2, 0.25) is 0 Å². The molecule has 7 nitrogen and oxygen atoms in total. The second-order valence-electron chi connectivity index (χ2n) is 7.89. The summed E-state index contributed by atoms with van der Waals surface area (Å²) >= 11 is 0. The van der Waals surface area contributed by atoms with E-state index < -0.39 is 11.9 Å². The Balaban J connectivity index is 1.47. The van der Waals surface area contributed by atoms with Crippen LogP contribution in [0.25, 0.3) is 0 Å². The molecule has 0 bridgehead atoms. The third-order valence-electron chi connectivity index (χ3n) is 5.49. The van der Waals surface area contributed by atoms with E-state index in [0.29, 0.717) is 19.0 Å². The number of likely N-dealkylation sites (tertiary alicyclic amines) is 2. The minimum absolute atomic E-state index is 0.0345. The topological polar surface area (TPSA) is 68.7 Å². The molecule has 1 unspecified atom stereocenters. The van der Waals surface area contributed by atoms with Gasteiger partial charge < -0.3 is 20.4 Å². The lowest BCUT2D eigenvalue weighted by Gasteiger charge is -2.29. The van der Waals surface area contributed by atoms with Crippen molar-refractivity contribution < 1.29 is 13.2 Å². The Labute approximate surface area is 176 Å². The maximum Gasteiger partial charge on any atom is 0.433 e. The van der Waals surface area contributed by atoms with E-state index in [9.17, 15) is 13.2 Å². The van der Waals surface area contributed by atoms with Crippen LogP contribution >= 0.6 is 0 Å². The molecular formula is C20H32F3N7. The first-order valence-electron chi connectivity index (χ1n) is 10.9. The molecule has 30 heavy (non-hydrogen) atoms. The molecule has 0 aromatic carbocycles. The van der Waals surface area contributed by atoms with Gasteiger partial charge in [-0.15, -0.1) is 0 Å². The van der Waals surface area contributed by atoms with Crippen molar-refractivity contribution in [3.8, 4) is 0 Å². The van der Waals surface area contributed by atoms with Crippen LogP contribution in [0, 0.1) is 5.92 Å². The van der Waals surface area contributed by atoms with Gasteiger partial charge >= 0.3 is 6.18 Å². The summed E-state index contributed by atoms with van der Waals surface area (Å²) in [5.74, 6) is 1.49. The van der Waals surface area contributed by atoms with Gasteiger partial charge in [-0.1, -0.05) is 6.42 Å². The highest BCUT2D eigenvalue weighted by Crippen LogP contribution is 2.27. The van der Waals surface area contributed by atoms with Crippen LogP contribution in [0.3, 0.4) is 0 Å². The summed E-state index contributed by atoms with van der Waals surface area (Å²) in [6.45, 7) is 9.16. The third-order valence-corrected chi connectivity index (χ3v) is 5.49. The number of guanidine groups is 1. The molecule has 1 aromatic heterocycles. The normalized spacial score (nSPS) is 21.1. The van der Waals surface area contributed by atoms with Crippen LogP contribution in [0.15, 0.2) is 17.3 Å². The maximum absolute atomic E-state index is 12.7. The highest BCUT2D eigenvalue weighted by atomic mass is 19.4. The molecule has 0 saturated carbocycles. The second-order valence-corrected chi connectivity index (χ2v) is 7.89. The summed E-state index contributed by atoms with van der Waals surface area (Å²) in [6, 6.07) is 0.861. The zero-order valence-corrected chi connectivity index (χ0v) is 17.6. The van der Waals surface area contributed by atoms with E-state index in [1.165, 1.54) is 32.4 Å². The quantitative estimate of drug-likeness (QED) is 0.396. The van der Waals surface area contributed by atoms with Gasteiger partial charge in [-0.2, -0.15) is 13.2 Å². The van der Waals surface area contributed by atoms with Crippen molar-refractivity contribution in [1.29, 1.82) is 0 Å². The van der Waals surface area contributed by atoms with Gasteiger partial charge in [0.2, 0.25) is 5.95 Å². The predicted molar refractivity (Wildman–Crippen MR) is 111 cm³/mol. The molecule has 2 aliphatic rings. The molecule has 0 spiro atoms. The van der Waals surface area contributed by atoms with Crippen LogP contribution < -0.4 is 10.6 Å². The zero-order valence-electron chi connectivity index (χ0n) is 17.6. The first-order chi connectivity index (χ1) is 14.5. The van der Waals surface area contributed by atoms with Crippen LogP contribution in [0.5, 0.6) is 0 Å². The Bertz CT molecular complexity index is 689. The van der Waals surface area contributed by atoms with E-state index in [4.69, 9.17) is 0 Å². The average molecular weight is 428 g/mol. The Kier molecular flexibility index (Phi) is 8.12. The molecule has 168 valence electrons. The monoisotopic (exact) mass is 427 g/mol. The number of hydrogen-bond donors (Lipinski definition) is 2. The highest BCUT2D eigenvalue weighted by molar-refractivity contribution is 5.80. The molecule has 1 aromatic rings. The molecular weight excluding hydrogens is 395 g/mol. The molecule has 1 atom stereocenters. The van der Waals surface area contributed by atoms with Gasteiger partial charge in [-0.05, 0) is 51.3 Å². The molecule has 10 heteroatoms. The van der Waals surface area contributed by atoms with Crippen molar-refractivity contribution in [2.24, 2.45) is 10.9 Å². The zero-order chi connectivity index (χ0) is 21.4. The standard InChI is InChI=1S/C20H32F3N7/c1-2-24-19(30-13-7-16(15-30)14-29-11-4-3-5-12-29)27-10-9-26-18-25-8-6-17(28-18)20(21,22)23/h6,8,16H,2-5,7,9-15H2,1H3,(H,24,27)(H,25,26,28). The maximum atomic E-state index is 12.7. The smallest absolute Gasteiger partial charge is 0.357 e. The fourth-order valence-electron chi connectivity index (χ4n) is 4.04. The van der Waals surface area contributed by atoms with E-state index >= 15 is 0 Å². The summed E-state index contributed by atoms with van der Waals surface area (Å²) in [5.41, 5.74) is -0.950. The van der Waals surface area contributed by atoms with Gasteiger partial charge in [0.15, 0.2) is 5.96 Å². The number of nitrogens with one attached hydrogen (secondary N) is 2. The lowest BCUT2D eigenvalue weighted by molar-refractivity contribution is -0.141. The summed E-state index contributed by atoms with van der Waals surface area (Å²) in [7, 11) is 0. The second kappa shape index (κ2) is 10.8. The number of hydrogen-bond acceptors (Lipinski definition) is 5. The molecule has 0 aliphatic carbocycles. The molecule has 2 aliphatic heterocycles. The molecule has 2 fully saturated rings. The number of piperidine rings is 1. The summed E-state index contributed by atoms with van der Waals surface area (Å²) in [5, 5.41) is 6.16. The number of halogens is 3. The SMILES string of the molecule is CCNC(=NCCNc1nccc(C(F)(F)F)n1)N1CCC(CN2CCCCC2)C1. The third kappa shape index (κ3) is 6.72. The van der Waals surface area contributed by atoms with E-state index in [-0.39, 0.29) is 5.95 Å². The van der Waals surface area contributed by atoms with Gasteiger partial charge in [0, 0.05) is 38.9 Å². The van der Waals surface area contributed by atoms with Crippen molar-refractivity contribution in [3.63, 3.8) is 0 Å². The molecule has 2 saturated heterocycles. The minimum atomic E-state index is -4.48. The van der Waals surface area contributed by atoms with Gasteiger partial charge in [0.25, 0.3) is 0 Å². The lowest BCUT2D eigenvalue weighted by Crippen LogP contribution is -2.41. The molecule has 2 N–H and O–H groups in total. The first-order valence-corrected chi connectivity index (χ1v) is 10.9. The van der Waals surface area contributed by atoms with E-state index in [1.54, 1.807) is 0 Å². The Morgan fingerprint density at radius 3 is 2.77 bits per heavy atom. The number of aromatic nitrogens is 2. The average Bonchev–Trinajstić information content (AvgIpc) is 3.19. The number of alkyl halides is 3. The van der Waals surface area contributed by atoms with Crippen LogP contribution in [-0.2, 0) is 6.18 Å². The number of nitrogens with zero attached hydrogens (tertiary/aromatic N) is 5. The van der Waals surface area contributed by atoms with Crippen molar-refractivity contribution in [2.45, 2.75) is 38.8 Å². The van der Waals surface area contributed by atoms with E-state index in [2.05, 4.69) is 35.4 Å². The van der Waals surface area contributed by atoms with Crippen LogP contribution in [0.4, 0.5) is 19.1 Å². The van der Waals surface area contributed by atoms with Crippen molar-refractivity contribution in [1.82, 2.24) is 25.1 Å². The van der Waals surface area contributed by atoms with E-state index in [1.807, 2.05) is 6.92 Å². The summed E-state index contributed by atoms with van der Waals surface area (Å²) in [4.78, 5) is 16.9. The fraction of sp³-hybridized carbons (Fsp3) is 0.750. The Morgan fingerprint density at radius 1 is 1.23 bits per heavy atom. The van der Waals surface area contributed by atoms with Crippen molar-refractivity contribution in [3.05, 3.63) is 18.0 Å². The van der Waals surface area contributed by atoms with Gasteiger partial charge in [0.05, 0.1) is 6.54 Å². The lowest BCUT2D eigenvalue weighted by atomic mass is 10.1. The van der Waals surface area contributed by atoms with Gasteiger partial charge in [-0.3, -0.25) is 4.99 Å². The Morgan fingerprint density at radius 2 is 2.03 bits per heavy atom. The summed E-state index contributed by atoms with van der Waals surface area (Å²) < 4.78 is 38.2. The summed E-state index contributed by atoms with van der Waals surface area (Å²) in [6.07, 6.45) is 1.77. The number of rotatable bonds is 7. The van der Waals surface area contributed by atoms with Gasteiger partial charge in [0.1, 0.15) is 5.69 Å². The molecule has 3 rings (SSSR count). The molecule has 0 amide bonds. The first kappa shape index (κ1) is 22.6. The van der Waals surface area contributed by atoms with Crippen LogP contribution in [0.1, 0.15) is 38.3 Å². The van der Waals surface area contributed by atoms with Gasteiger partial charge in [-0.25, -0.2) is 9.97 Å². The number of anilines is 1. The van der Waals surface area contributed by atoms with E-state index in [0.717, 1.165) is 50.8 Å². The predicted octanol–water partition coefficient (Wildman–Crippen LogP) is 2.68.